The minimum Gasteiger partial charge on any atom is -0.450 e. The van der Waals surface area contributed by atoms with E-state index in [1.54, 1.807) is 0 Å². The zero-order valence-corrected chi connectivity index (χ0v) is 18.8. The first-order chi connectivity index (χ1) is 13.0. The van der Waals surface area contributed by atoms with Gasteiger partial charge in [-0.2, -0.15) is 0 Å². The molecule has 0 radical (unpaired) electrons. The highest BCUT2D eigenvalue weighted by Crippen LogP contribution is 2.17. The molecule has 8 nitrogen and oxygen atoms in total. The van der Waals surface area contributed by atoms with Crippen molar-refractivity contribution in [3.8, 4) is 0 Å². The monoisotopic (exact) mass is 456 g/mol. The molecule has 0 spiro atoms. The minimum absolute atomic E-state index is 0. The molecule has 0 bridgehead atoms. The zero-order valence-electron chi connectivity index (χ0n) is 17.2. The molecule has 3 aliphatic rings. The first-order valence-electron chi connectivity index (χ1n) is 10.4. The lowest BCUT2D eigenvalue weighted by molar-refractivity contribution is -0.122. The Bertz CT molecular complexity index is 449. The van der Waals surface area contributed by atoms with E-state index in [1.807, 2.05) is 0 Å². The van der Waals surface area contributed by atoms with Crippen LogP contribution >= 0.6 is 24.8 Å². The van der Waals surface area contributed by atoms with Crippen LogP contribution in [0.2, 0.25) is 0 Å². The van der Waals surface area contributed by atoms with E-state index >= 15 is 0 Å². The van der Waals surface area contributed by atoms with Crippen molar-refractivity contribution in [2.45, 2.75) is 63.5 Å². The van der Waals surface area contributed by atoms with Gasteiger partial charge < -0.3 is 25.7 Å². The Morgan fingerprint density at radius 3 is 2.00 bits per heavy atom. The number of amides is 1. The van der Waals surface area contributed by atoms with Crippen LogP contribution in [0, 0.1) is 0 Å². The van der Waals surface area contributed by atoms with E-state index in [1.165, 1.54) is 71.1 Å². The number of hydrogen-bond acceptors (Lipinski definition) is 5. The molecule has 0 aromatic rings. The van der Waals surface area contributed by atoms with Gasteiger partial charge in [0, 0.05) is 51.2 Å². The second-order valence-corrected chi connectivity index (χ2v) is 7.79. The zero-order chi connectivity index (χ0) is 19.5. The summed E-state index contributed by atoms with van der Waals surface area (Å²) >= 11 is 0. The molecule has 3 fully saturated rings. The van der Waals surface area contributed by atoms with Crippen LogP contribution in [0.5, 0.6) is 0 Å². The van der Waals surface area contributed by atoms with Crippen LogP contribution in [0.25, 0.3) is 0 Å². The van der Waals surface area contributed by atoms with Crippen LogP contribution in [-0.2, 0) is 4.79 Å². The number of carboxylic acid groups (broad SMARTS) is 2. The van der Waals surface area contributed by atoms with E-state index in [9.17, 15) is 4.79 Å². The second-order valence-electron chi connectivity index (χ2n) is 7.79. The fraction of sp³-hybridized carbons (Fsp3) is 0.895. The number of carbonyl (C=O) groups excluding carboxylic acids is 1. The van der Waals surface area contributed by atoms with Crippen molar-refractivity contribution in [1.82, 2.24) is 20.4 Å². The molecule has 1 saturated carbocycles. The molecule has 4 N–H and O–H groups in total. The van der Waals surface area contributed by atoms with Gasteiger partial charge in [-0.15, -0.1) is 24.8 Å². The minimum atomic E-state index is -1.83. The number of nitrogens with zero attached hydrogens (tertiary/aromatic N) is 2. The molecule has 0 unspecified atom stereocenters. The Morgan fingerprint density at radius 2 is 1.45 bits per heavy atom. The van der Waals surface area contributed by atoms with E-state index in [0.717, 1.165) is 25.7 Å². The summed E-state index contributed by atoms with van der Waals surface area (Å²) in [6.07, 6.45) is 7.69. The van der Waals surface area contributed by atoms with Gasteiger partial charge in [0.1, 0.15) is 0 Å². The van der Waals surface area contributed by atoms with Crippen LogP contribution in [0.4, 0.5) is 4.79 Å². The van der Waals surface area contributed by atoms with Crippen LogP contribution in [0.1, 0.15) is 51.4 Å². The molecule has 10 heteroatoms. The lowest BCUT2D eigenvalue weighted by Crippen LogP contribution is -2.53. The molecule has 2 saturated heterocycles. The highest BCUT2D eigenvalue weighted by Gasteiger charge is 2.25. The maximum absolute atomic E-state index is 12.1. The van der Waals surface area contributed by atoms with Crippen molar-refractivity contribution >= 4 is 36.9 Å². The summed E-state index contributed by atoms with van der Waals surface area (Å²) in [6, 6.07) is 1.24. The average molecular weight is 457 g/mol. The topological polar surface area (TPSA) is 105 Å². The van der Waals surface area contributed by atoms with Crippen LogP contribution in [-0.4, -0.2) is 90.0 Å². The van der Waals surface area contributed by atoms with Crippen LogP contribution < -0.4 is 10.6 Å². The van der Waals surface area contributed by atoms with Gasteiger partial charge in [-0.1, -0.05) is 19.3 Å². The largest absolute Gasteiger partial charge is 0.503 e. The Morgan fingerprint density at radius 1 is 0.897 bits per heavy atom. The quantitative estimate of drug-likeness (QED) is 0.502. The molecule has 1 aliphatic carbocycles. The number of piperazine rings is 1. The SMILES string of the molecule is Cl.Cl.O=C(CCN1CCN(C2CCNCC2)CC1)NC1CCCCC1.O=C(O)O. The Labute approximate surface area is 186 Å². The first kappa shape index (κ1) is 28.2. The number of nitrogens with one attached hydrogen (secondary N) is 2. The van der Waals surface area contributed by atoms with Crippen LogP contribution in [0.3, 0.4) is 0 Å². The van der Waals surface area contributed by atoms with Crippen molar-refractivity contribution in [3.63, 3.8) is 0 Å². The van der Waals surface area contributed by atoms with E-state index in [0.29, 0.717) is 12.5 Å². The summed E-state index contributed by atoms with van der Waals surface area (Å²) in [7, 11) is 0. The van der Waals surface area contributed by atoms with Crippen molar-refractivity contribution in [2.75, 3.05) is 45.8 Å². The molecule has 0 atom stereocenters. The number of piperidine rings is 1. The Balaban J connectivity index is 0.00000120. The van der Waals surface area contributed by atoms with Crippen LogP contribution in [0.15, 0.2) is 0 Å². The summed E-state index contributed by atoms with van der Waals surface area (Å²) < 4.78 is 0. The van der Waals surface area contributed by atoms with E-state index in [2.05, 4.69) is 20.4 Å². The van der Waals surface area contributed by atoms with E-state index in [4.69, 9.17) is 15.0 Å². The average Bonchev–Trinajstić information content (AvgIpc) is 2.68. The lowest BCUT2D eigenvalue weighted by Gasteiger charge is -2.40. The molecular weight excluding hydrogens is 419 g/mol. The fourth-order valence-corrected chi connectivity index (χ4v) is 4.33. The van der Waals surface area contributed by atoms with Gasteiger partial charge in [0.05, 0.1) is 0 Å². The van der Waals surface area contributed by atoms with Gasteiger partial charge in [-0.3, -0.25) is 9.69 Å². The highest BCUT2D eigenvalue weighted by atomic mass is 35.5. The van der Waals surface area contributed by atoms with E-state index < -0.39 is 6.16 Å². The smallest absolute Gasteiger partial charge is 0.450 e. The molecular formula is C19H38Cl2N4O4. The number of carbonyl (C=O) groups is 2. The predicted molar refractivity (Wildman–Crippen MR) is 119 cm³/mol. The highest BCUT2D eigenvalue weighted by molar-refractivity contribution is 5.85. The molecule has 0 aromatic carbocycles. The summed E-state index contributed by atoms with van der Waals surface area (Å²) in [5.74, 6) is 0.262. The molecule has 2 heterocycles. The fourth-order valence-electron chi connectivity index (χ4n) is 4.33. The van der Waals surface area contributed by atoms with Gasteiger partial charge >= 0.3 is 6.16 Å². The molecule has 29 heavy (non-hydrogen) atoms. The molecule has 0 aromatic heterocycles. The van der Waals surface area contributed by atoms with Crippen molar-refractivity contribution in [3.05, 3.63) is 0 Å². The standard InChI is InChI=1S/C18H34N4O.CH2O3.2ClH/c23-18(20-16-4-2-1-3-5-16)8-11-21-12-14-22(15-13-21)17-6-9-19-10-7-17;2-1(3)4;;/h16-17,19H,1-15H2,(H,20,23);(H2,2,3,4);2*1H. The van der Waals surface area contributed by atoms with Crippen molar-refractivity contribution in [1.29, 1.82) is 0 Å². The van der Waals surface area contributed by atoms with Gasteiger partial charge in [0.2, 0.25) is 5.91 Å². The number of halogens is 2. The predicted octanol–water partition coefficient (Wildman–Crippen LogP) is 2.26. The third kappa shape index (κ3) is 11.8. The maximum atomic E-state index is 12.1. The van der Waals surface area contributed by atoms with E-state index in [-0.39, 0.29) is 30.7 Å². The third-order valence-electron chi connectivity index (χ3n) is 5.86. The summed E-state index contributed by atoms with van der Waals surface area (Å²) in [4.78, 5) is 25.8. The molecule has 172 valence electrons. The van der Waals surface area contributed by atoms with Gasteiger partial charge in [0.15, 0.2) is 0 Å². The van der Waals surface area contributed by atoms with Crippen molar-refractivity contribution < 1.29 is 19.8 Å². The third-order valence-corrected chi connectivity index (χ3v) is 5.86. The lowest BCUT2D eigenvalue weighted by atomic mass is 9.95. The van der Waals surface area contributed by atoms with Gasteiger partial charge in [-0.05, 0) is 38.8 Å². The number of rotatable bonds is 5. The molecule has 2 aliphatic heterocycles. The maximum Gasteiger partial charge on any atom is 0.503 e. The summed E-state index contributed by atoms with van der Waals surface area (Å²) in [5, 5.41) is 20.6. The molecule has 3 rings (SSSR count). The van der Waals surface area contributed by atoms with Gasteiger partial charge in [0.25, 0.3) is 0 Å². The van der Waals surface area contributed by atoms with Gasteiger partial charge in [-0.25, -0.2) is 4.79 Å². The molecule has 1 amide bonds. The van der Waals surface area contributed by atoms with Crippen molar-refractivity contribution in [2.24, 2.45) is 0 Å². The summed E-state index contributed by atoms with van der Waals surface area (Å²) in [6.45, 7) is 7.88. The Kier molecular flexibility index (Phi) is 15.5. The Hall–Kier alpha value is -0.800. The normalized spacial score (nSPS) is 21.7. The first-order valence-corrected chi connectivity index (χ1v) is 10.4. The summed E-state index contributed by atoms with van der Waals surface area (Å²) in [5.41, 5.74) is 0. The number of hydrogen-bond donors (Lipinski definition) is 4. The second kappa shape index (κ2) is 16.0.